The van der Waals surface area contributed by atoms with E-state index in [0.29, 0.717) is 0 Å². The van der Waals surface area contributed by atoms with Crippen molar-refractivity contribution in [2.75, 3.05) is 21.1 Å². The minimum absolute atomic E-state index is 0.0616. The summed E-state index contributed by atoms with van der Waals surface area (Å²) in [5.41, 5.74) is 2.26. The van der Waals surface area contributed by atoms with Crippen LogP contribution in [-0.4, -0.2) is 42.4 Å². The summed E-state index contributed by atoms with van der Waals surface area (Å²) in [4.78, 5) is 17.6. The fraction of sp³-hybridized carbons (Fsp3) is 0.423. The first kappa shape index (κ1) is 21.3. The van der Waals surface area contributed by atoms with Crippen LogP contribution in [0.4, 0.5) is 0 Å². The van der Waals surface area contributed by atoms with Crippen molar-refractivity contribution in [1.82, 2.24) is 9.80 Å². The lowest BCUT2D eigenvalue weighted by Gasteiger charge is -2.52. The molecular formula is C26H34N2O. The number of rotatable bonds is 6. The number of likely N-dealkylation sites (N-methyl/N-ethyl adjacent to an activating group) is 1. The van der Waals surface area contributed by atoms with E-state index in [-0.39, 0.29) is 17.0 Å². The minimum atomic E-state index is -0.256. The third-order valence-electron chi connectivity index (χ3n) is 7.12. The van der Waals surface area contributed by atoms with Crippen LogP contribution in [0.5, 0.6) is 0 Å². The largest absolute Gasteiger partial charge is 0.332 e. The van der Waals surface area contributed by atoms with Crippen LogP contribution in [0.15, 0.2) is 66.7 Å². The fourth-order valence-electron chi connectivity index (χ4n) is 4.87. The molecule has 1 amide bonds. The molecule has 0 atom stereocenters. The number of nitrogens with zero attached hydrogens (tertiary/aromatic N) is 2. The van der Waals surface area contributed by atoms with E-state index in [1.165, 1.54) is 5.56 Å². The first-order valence-electron chi connectivity index (χ1n) is 10.7. The molecule has 0 radical (unpaired) electrons. The van der Waals surface area contributed by atoms with Crippen LogP contribution in [0, 0.1) is 0 Å². The monoisotopic (exact) mass is 390 g/mol. The van der Waals surface area contributed by atoms with Gasteiger partial charge in [0.1, 0.15) is 0 Å². The molecule has 1 fully saturated rings. The van der Waals surface area contributed by atoms with Gasteiger partial charge in [-0.05, 0) is 63.4 Å². The number of benzene rings is 2. The summed E-state index contributed by atoms with van der Waals surface area (Å²) in [6.07, 6.45) is 8.90. The van der Waals surface area contributed by atoms with Crippen molar-refractivity contribution in [2.45, 2.75) is 50.1 Å². The molecule has 0 spiro atoms. The van der Waals surface area contributed by atoms with Gasteiger partial charge >= 0.3 is 0 Å². The van der Waals surface area contributed by atoms with Crippen molar-refractivity contribution in [3.63, 3.8) is 0 Å². The first-order chi connectivity index (χ1) is 13.9. The predicted octanol–water partition coefficient (Wildman–Crippen LogP) is 5.34. The summed E-state index contributed by atoms with van der Waals surface area (Å²) in [7, 11) is 6.35. The molecule has 0 heterocycles. The predicted molar refractivity (Wildman–Crippen MR) is 122 cm³/mol. The summed E-state index contributed by atoms with van der Waals surface area (Å²) < 4.78 is 0. The number of amides is 1. The highest BCUT2D eigenvalue weighted by Crippen LogP contribution is 2.47. The van der Waals surface area contributed by atoms with Gasteiger partial charge in [-0.3, -0.25) is 4.79 Å². The lowest BCUT2D eigenvalue weighted by atomic mass is 9.67. The van der Waals surface area contributed by atoms with Crippen LogP contribution in [-0.2, 0) is 10.3 Å². The van der Waals surface area contributed by atoms with Crippen molar-refractivity contribution < 1.29 is 4.79 Å². The molecule has 3 heteroatoms. The van der Waals surface area contributed by atoms with E-state index in [1.54, 1.807) is 6.08 Å². The molecule has 3 nitrogen and oxygen atoms in total. The van der Waals surface area contributed by atoms with Crippen LogP contribution in [0.1, 0.15) is 50.2 Å². The maximum Gasteiger partial charge on any atom is 0.247 e. The van der Waals surface area contributed by atoms with Gasteiger partial charge in [0.05, 0.1) is 5.54 Å². The zero-order valence-electron chi connectivity index (χ0n) is 18.3. The second-order valence-corrected chi connectivity index (χ2v) is 8.51. The summed E-state index contributed by atoms with van der Waals surface area (Å²) in [6.45, 7) is 2.28. The molecule has 0 aromatic heterocycles. The summed E-state index contributed by atoms with van der Waals surface area (Å²) in [5, 5.41) is 0. The Labute approximate surface area is 176 Å². The Kier molecular flexibility index (Phi) is 6.59. The standard InChI is InChI=1S/C26H34N2O/c1-5-25(27(2)3)18-20-26(21-19-25,23-14-10-7-11-15-23)28(4)24(29)17-16-22-12-8-6-9-13-22/h6-17H,5,18-21H2,1-4H3/b17-16+/t25-,26+. The molecule has 0 unspecified atom stereocenters. The third kappa shape index (κ3) is 4.30. The topological polar surface area (TPSA) is 23.6 Å². The average molecular weight is 391 g/mol. The maximum absolute atomic E-state index is 13.2. The van der Waals surface area contributed by atoms with Gasteiger partial charge in [0.15, 0.2) is 0 Å². The second-order valence-electron chi connectivity index (χ2n) is 8.51. The summed E-state index contributed by atoms with van der Waals surface area (Å²) in [6, 6.07) is 20.6. The van der Waals surface area contributed by atoms with E-state index in [0.717, 1.165) is 37.7 Å². The van der Waals surface area contributed by atoms with Crippen LogP contribution in [0.25, 0.3) is 6.08 Å². The Morgan fingerprint density at radius 1 is 0.897 bits per heavy atom. The molecule has 1 aliphatic rings. The van der Waals surface area contributed by atoms with Crippen molar-refractivity contribution in [2.24, 2.45) is 0 Å². The van der Waals surface area contributed by atoms with E-state index >= 15 is 0 Å². The van der Waals surface area contributed by atoms with Crippen molar-refractivity contribution in [3.05, 3.63) is 77.9 Å². The molecule has 1 saturated carbocycles. The molecule has 0 bridgehead atoms. The molecule has 1 aliphatic carbocycles. The van der Waals surface area contributed by atoms with Gasteiger partial charge < -0.3 is 9.80 Å². The smallest absolute Gasteiger partial charge is 0.247 e. The molecule has 2 aromatic rings. The second kappa shape index (κ2) is 8.96. The quantitative estimate of drug-likeness (QED) is 0.622. The van der Waals surface area contributed by atoms with E-state index in [2.05, 4.69) is 50.2 Å². The van der Waals surface area contributed by atoms with Gasteiger partial charge in [-0.25, -0.2) is 0 Å². The van der Waals surface area contributed by atoms with Gasteiger partial charge in [0.2, 0.25) is 5.91 Å². The van der Waals surface area contributed by atoms with Crippen molar-refractivity contribution in [1.29, 1.82) is 0 Å². The Bertz CT molecular complexity index is 818. The number of hydrogen-bond acceptors (Lipinski definition) is 2. The maximum atomic E-state index is 13.2. The lowest BCUT2D eigenvalue weighted by Crippen LogP contribution is -2.55. The van der Waals surface area contributed by atoms with Gasteiger partial charge in [-0.1, -0.05) is 67.6 Å². The average Bonchev–Trinajstić information content (AvgIpc) is 2.78. The van der Waals surface area contributed by atoms with E-state index in [1.807, 2.05) is 54.4 Å². The summed E-state index contributed by atoms with van der Waals surface area (Å²) in [5.74, 6) is 0.0616. The molecule has 29 heavy (non-hydrogen) atoms. The Balaban J connectivity index is 1.89. The highest BCUT2D eigenvalue weighted by molar-refractivity contribution is 5.92. The molecule has 0 N–H and O–H groups in total. The molecule has 0 saturated heterocycles. The van der Waals surface area contributed by atoms with Crippen molar-refractivity contribution in [3.8, 4) is 0 Å². The van der Waals surface area contributed by atoms with Crippen molar-refractivity contribution >= 4 is 12.0 Å². The van der Waals surface area contributed by atoms with E-state index in [9.17, 15) is 4.79 Å². The zero-order chi connectivity index (χ0) is 20.9. The molecule has 154 valence electrons. The zero-order valence-corrected chi connectivity index (χ0v) is 18.3. The normalized spacial score (nSPS) is 24.7. The summed E-state index contributed by atoms with van der Waals surface area (Å²) >= 11 is 0. The number of carbonyl (C=O) groups is 1. The van der Waals surface area contributed by atoms with E-state index in [4.69, 9.17) is 0 Å². The molecule has 0 aliphatic heterocycles. The number of hydrogen-bond donors (Lipinski definition) is 0. The highest BCUT2D eigenvalue weighted by Gasteiger charge is 2.47. The highest BCUT2D eigenvalue weighted by atomic mass is 16.2. The third-order valence-corrected chi connectivity index (χ3v) is 7.12. The lowest BCUT2D eigenvalue weighted by molar-refractivity contribution is -0.133. The minimum Gasteiger partial charge on any atom is -0.332 e. The van der Waals surface area contributed by atoms with Crippen LogP contribution in [0.3, 0.4) is 0 Å². The molecular weight excluding hydrogens is 356 g/mol. The molecule has 2 aromatic carbocycles. The van der Waals surface area contributed by atoms with Gasteiger partial charge in [0, 0.05) is 18.7 Å². The SMILES string of the molecule is CC[C@]1(N(C)C)CC[C@@](c2ccccc2)(N(C)C(=O)/C=C/c2ccccc2)CC1. The van der Waals surface area contributed by atoms with Gasteiger partial charge in [0.25, 0.3) is 0 Å². The van der Waals surface area contributed by atoms with Crippen LogP contribution in [0.2, 0.25) is 0 Å². The van der Waals surface area contributed by atoms with Gasteiger partial charge in [-0.2, -0.15) is 0 Å². The Morgan fingerprint density at radius 3 is 1.97 bits per heavy atom. The van der Waals surface area contributed by atoms with E-state index < -0.39 is 0 Å². The Hall–Kier alpha value is -2.39. The molecule has 3 rings (SSSR count). The fourth-order valence-corrected chi connectivity index (χ4v) is 4.87. The van der Waals surface area contributed by atoms with Crippen LogP contribution >= 0.6 is 0 Å². The number of carbonyl (C=O) groups excluding carboxylic acids is 1. The van der Waals surface area contributed by atoms with Crippen LogP contribution < -0.4 is 0 Å². The first-order valence-corrected chi connectivity index (χ1v) is 10.7. The van der Waals surface area contributed by atoms with Gasteiger partial charge in [-0.15, -0.1) is 0 Å². The Morgan fingerprint density at radius 2 is 1.45 bits per heavy atom.